The van der Waals surface area contributed by atoms with Crippen LogP contribution in [-0.2, 0) is 136 Å². The Morgan fingerprint density at radius 1 is 0.627 bits per heavy atom. The van der Waals surface area contributed by atoms with Gasteiger partial charge in [-0.3, -0.25) is 18.8 Å². The molecule has 0 aromatic heterocycles. The van der Waals surface area contributed by atoms with E-state index in [0.29, 0.717) is 19.2 Å². The van der Waals surface area contributed by atoms with E-state index < -0.39 is 31.9 Å². The van der Waals surface area contributed by atoms with Crippen molar-refractivity contribution in [3.8, 4) is 0 Å². The molecule has 0 fully saturated rings. The molecule has 0 atom stereocenters. The number of aliphatic carboxylic acids is 1. The summed E-state index contributed by atoms with van der Waals surface area (Å²) in [7, 11) is 4.38. The van der Waals surface area contributed by atoms with Crippen molar-refractivity contribution in [3.63, 3.8) is 0 Å². The van der Waals surface area contributed by atoms with Gasteiger partial charge in [-0.15, -0.1) is 5.60 Å². The molecule has 0 unspecified atom stereocenters. The summed E-state index contributed by atoms with van der Waals surface area (Å²) in [4.78, 5) is 37.0. The Labute approximate surface area is 538 Å². The zero-order valence-corrected chi connectivity index (χ0v) is 61.7. The van der Waals surface area contributed by atoms with E-state index in [0.717, 1.165) is 27.4 Å². The number of esters is 2. The Hall–Kier alpha value is 2.30. The van der Waals surface area contributed by atoms with Gasteiger partial charge < -0.3 is 81.4 Å². The molecular weight excluding hydrogens is 1160 g/mol. The third kappa shape index (κ3) is 1980. The largest absolute Gasteiger partial charge is 1.00 e. The summed E-state index contributed by atoms with van der Waals surface area (Å²) in [6.07, 6.45) is 3.04. The summed E-state index contributed by atoms with van der Waals surface area (Å²) in [5.41, 5.74) is -0.750. The van der Waals surface area contributed by atoms with E-state index in [9.17, 15) is 27.9 Å². The minimum absolute atomic E-state index is 0. The Balaban J connectivity index is -0.0000000134. The van der Waals surface area contributed by atoms with Crippen LogP contribution in [0.1, 0.15) is 152 Å². The maximum absolute atomic E-state index is 11.2. The van der Waals surface area contributed by atoms with Gasteiger partial charge in [0.2, 0.25) is 0 Å². The van der Waals surface area contributed by atoms with Gasteiger partial charge in [-0.25, -0.2) is 0 Å². The number of aliphatic hydroxyl groups is 1. The summed E-state index contributed by atoms with van der Waals surface area (Å²) in [6, 6.07) is 0. The van der Waals surface area contributed by atoms with E-state index in [4.69, 9.17) is 39.9 Å². The Morgan fingerprint density at radius 3 is 0.687 bits per heavy atom. The summed E-state index contributed by atoms with van der Waals surface area (Å²) in [6.45, 7) is 39.4. The average Bonchev–Trinajstić information content (AvgIpc) is 3.16. The first-order chi connectivity index (χ1) is 27.3. The van der Waals surface area contributed by atoms with E-state index in [-0.39, 0.29) is 184 Å². The fourth-order valence-electron chi connectivity index (χ4n) is 0. The summed E-state index contributed by atoms with van der Waals surface area (Å²) in [5.74, 6) is -1.32. The molecule has 3 radical (unpaired) electrons. The fraction of sp³-hybridized carbons (Fsp3) is 0.762. The van der Waals surface area contributed by atoms with E-state index in [1.54, 1.807) is 34.8 Å². The second kappa shape index (κ2) is 190. The fourth-order valence-corrected chi connectivity index (χ4v) is 0. The minimum atomic E-state index is -2.96. The number of aldehydes is 1. The molecule has 0 amide bonds. The summed E-state index contributed by atoms with van der Waals surface area (Å²) < 4.78 is 48.3. The Morgan fingerprint density at radius 2 is 0.687 bits per heavy atom. The molecule has 0 spiro atoms. The van der Waals surface area contributed by atoms with Gasteiger partial charge in [-0.05, 0) is 46.6 Å². The number of rotatable bonds is 1. The van der Waals surface area contributed by atoms with Crippen LogP contribution >= 0.6 is 12.2 Å². The molecule has 0 aliphatic carbocycles. The molecule has 6 N–H and O–H groups in total. The monoisotopic (exact) mass is 1270 g/mol. The Kier molecular flexibility index (Phi) is 448. The number of carboxylic acids is 1. The molecular formula is C42H107B2F3KO15SY3-3. The number of carbonyl (C=O) groups is 4. The molecule has 0 aliphatic rings. The van der Waals surface area contributed by atoms with Crippen molar-refractivity contribution < 1.29 is 236 Å². The third-order valence-electron chi connectivity index (χ3n) is 1.55. The van der Waals surface area contributed by atoms with E-state index in [1.807, 2.05) is 81.4 Å². The predicted octanol–water partition coefficient (Wildman–Crippen LogP) is 6.85. The van der Waals surface area contributed by atoms with Gasteiger partial charge in [-0.1, -0.05) is 109 Å². The molecule has 411 valence electrons. The number of aliphatic hydroxyl groups excluding tert-OH is 1. The van der Waals surface area contributed by atoms with Crippen LogP contribution in [0.4, 0.5) is 13.2 Å². The second-order valence-corrected chi connectivity index (χ2v) is 9.18. The first-order valence-electron chi connectivity index (χ1n) is 18.8. The van der Waals surface area contributed by atoms with Crippen LogP contribution in [0, 0.1) is 22.3 Å². The van der Waals surface area contributed by atoms with E-state index >= 15 is 0 Å². The molecule has 0 rings (SSSR count). The topological polar surface area (TPSA) is 250 Å². The normalized spacial score (nSPS) is 6.24. The van der Waals surface area contributed by atoms with Gasteiger partial charge in [-0.2, -0.15) is 8.78 Å². The minimum Gasteiger partial charge on any atom is -0.850 e. The first kappa shape index (κ1) is 158. The van der Waals surface area contributed by atoms with Crippen LogP contribution in [0.3, 0.4) is 0 Å². The number of ether oxygens (including phenoxy) is 4. The molecule has 0 bridgehead atoms. The van der Waals surface area contributed by atoms with Crippen LogP contribution in [0.2, 0.25) is 13.6 Å². The zero-order valence-electron chi connectivity index (χ0n) is 49.2. The summed E-state index contributed by atoms with van der Waals surface area (Å²) in [5, 5.41) is 55.6. The molecule has 25 heteroatoms. The van der Waals surface area contributed by atoms with Gasteiger partial charge >= 0.3 is 83.7 Å². The molecule has 67 heavy (non-hydrogen) atoms. The predicted molar refractivity (Wildman–Crippen MR) is 271 cm³/mol. The van der Waals surface area contributed by atoms with Crippen molar-refractivity contribution in [2.45, 2.75) is 177 Å². The van der Waals surface area contributed by atoms with Gasteiger partial charge in [0.05, 0.1) is 28.5 Å². The molecule has 0 aliphatic heterocycles. The number of methoxy groups -OCH3 is 4. The number of hydrogen-bond donors (Lipinski definition) is 6. The summed E-state index contributed by atoms with van der Waals surface area (Å²) >= 11 is 4.47. The second-order valence-electron chi connectivity index (χ2n) is 8.60. The molecule has 0 heterocycles. The number of allylic oxidation sites excluding steroid dienone is 2. The number of alkyl halides is 3. The number of thiocarbonyl (C=S) groups is 1. The van der Waals surface area contributed by atoms with Crippen LogP contribution < -0.4 is 56.5 Å². The van der Waals surface area contributed by atoms with Crippen molar-refractivity contribution in [2.24, 2.45) is 0 Å². The number of carboxylic acid groups (broad SMARTS) is 1. The van der Waals surface area contributed by atoms with Crippen LogP contribution in [0.25, 0.3) is 0 Å². The van der Waals surface area contributed by atoms with Crippen molar-refractivity contribution in [3.05, 3.63) is 34.4 Å². The molecule has 15 nitrogen and oxygen atoms in total. The quantitative estimate of drug-likeness (QED) is 0.0392. The molecule has 0 saturated carbocycles. The van der Waals surface area contributed by atoms with Crippen LogP contribution in [0.5, 0.6) is 0 Å². The standard InChI is InChI=1S/C4H9O.C4H8.C3H6F2O.2C3H6O2.C3H6OS.C3H8.C2H4O2.C2H4O.4C2H6.2CH5BO2.CH3F.CH4O.3CH3.K.3Y/c1-4(2,3)5;1-3-4-2;1-3(4,5)6-2;2*1-3(4)5-2;1-3(5)4-2;1-3-2;1-2(3)4;1-2-3;4*1-2;2*1-2(3)4;2*1-2;;;;;;;/h1-3H3;3-4H,1-2H3;1-2H3;3*1-2H3;3H2,1-2H3;1H3,(H,3,4);2H,1H3;4*1-2H3;2*3-4H,1H3;1H3;2H,1H3;3*1H3;;;;/q-1;;;;;;;;;;;;;;;;;3*-1;+1;;;/b;4-3+;;;;;;;;;;;;;;;;;;;;;;. The van der Waals surface area contributed by atoms with E-state index in [1.165, 1.54) is 55.1 Å². The SMILES string of the molecule is C/C=C/C.CB(O)O.CB(O)O.CC.CC.CC.CC.CC(=O)O.CC(C)(C)[O-].CC=O.CCC.CF.CO.COC(C)(F)F.COC(C)=O.COC(C)=O.COC(C)=S.[CH3-].[CH3-].[CH3-].[K+].[Y].[Y].[Y]. The molecule has 0 aromatic rings. The van der Waals surface area contributed by atoms with Crippen LogP contribution in [-0.4, -0.2) is 128 Å². The van der Waals surface area contributed by atoms with Crippen molar-refractivity contribution in [2.75, 3.05) is 42.7 Å². The number of carbonyl (C=O) groups excluding carboxylic acids is 3. The van der Waals surface area contributed by atoms with Gasteiger partial charge in [0.25, 0.3) is 5.97 Å². The van der Waals surface area contributed by atoms with Gasteiger partial charge in [0.15, 0.2) is 5.05 Å². The third-order valence-corrected chi connectivity index (χ3v) is 1.72. The first-order valence-corrected chi connectivity index (χ1v) is 19.2. The number of hydrogen-bond acceptors (Lipinski definition) is 15. The van der Waals surface area contributed by atoms with Crippen molar-refractivity contribution in [1.29, 1.82) is 0 Å². The average molecular weight is 1270 g/mol. The number of halogens is 3. The Bertz CT molecular complexity index is 642. The van der Waals surface area contributed by atoms with Crippen LogP contribution in [0.15, 0.2) is 12.2 Å². The van der Waals surface area contributed by atoms with Crippen molar-refractivity contribution >= 4 is 55.7 Å². The maximum Gasteiger partial charge on any atom is 1.00 e. The van der Waals surface area contributed by atoms with E-state index in [2.05, 4.69) is 45.0 Å². The van der Waals surface area contributed by atoms with Crippen molar-refractivity contribution in [1.82, 2.24) is 0 Å². The van der Waals surface area contributed by atoms with Gasteiger partial charge in [0.1, 0.15) is 6.29 Å². The molecule has 0 aromatic carbocycles. The molecule has 0 saturated heterocycles. The maximum atomic E-state index is 11.2. The smallest absolute Gasteiger partial charge is 0.850 e. The zero-order chi connectivity index (χ0) is 54.1. The van der Waals surface area contributed by atoms with Gasteiger partial charge in [0, 0.05) is 147 Å².